The number of carboxylic acid groups (broad SMARTS) is 1. The van der Waals surface area contributed by atoms with Crippen molar-refractivity contribution in [1.29, 1.82) is 0 Å². The van der Waals surface area contributed by atoms with E-state index >= 15 is 0 Å². The van der Waals surface area contributed by atoms with Gasteiger partial charge in [0.2, 0.25) is 5.91 Å². The molecule has 1 aliphatic rings. The molecule has 1 heterocycles. The van der Waals surface area contributed by atoms with Crippen molar-refractivity contribution in [2.24, 2.45) is 5.92 Å². The Bertz CT molecular complexity index is 752. The molecule has 0 aliphatic carbocycles. The minimum Gasteiger partial charge on any atom is -0.480 e. The van der Waals surface area contributed by atoms with Gasteiger partial charge in [-0.25, -0.2) is 4.79 Å². The normalized spacial score (nSPS) is 16.7. The minimum atomic E-state index is -1.17. The van der Waals surface area contributed by atoms with Crippen molar-refractivity contribution in [3.05, 3.63) is 35.9 Å². The molecule has 1 aromatic rings. The van der Waals surface area contributed by atoms with Crippen LogP contribution in [0.2, 0.25) is 0 Å². The molecule has 8 nitrogen and oxygen atoms in total. The molecule has 2 rings (SSSR count). The topological polar surface area (TPSA) is 110 Å². The fraction of sp³-hybridized carbons (Fsp3) is 0.545. The zero-order valence-electron chi connectivity index (χ0n) is 17.8. The van der Waals surface area contributed by atoms with E-state index in [1.54, 1.807) is 13.8 Å². The molecule has 0 saturated carbocycles. The Labute approximate surface area is 186 Å². The smallest absolute Gasteiger partial charge is 0.326 e. The molecule has 0 radical (unpaired) electrons. The van der Waals surface area contributed by atoms with Crippen LogP contribution in [-0.4, -0.2) is 65.4 Å². The third kappa shape index (κ3) is 6.72. The number of ether oxygens (including phenoxy) is 2. The zero-order valence-corrected chi connectivity index (χ0v) is 18.6. The number of aliphatic carboxylic acids is 1. The Hall–Kier alpha value is -2.55. The van der Waals surface area contributed by atoms with Crippen LogP contribution in [0.15, 0.2) is 30.3 Å². The van der Waals surface area contributed by atoms with E-state index in [0.717, 1.165) is 5.56 Å². The van der Waals surface area contributed by atoms with Crippen molar-refractivity contribution < 1.29 is 33.8 Å². The summed E-state index contributed by atoms with van der Waals surface area (Å²) in [5.41, 5.74) is 0.746. The Morgan fingerprint density at radius 2 is 1.71 bits per heavy atom. The maximum absolute atomic E-state index is 12.6. The molecular weight excluding hydrogens is 422 g/mol. The first-order chi connectivity index (χ1) is 14.9. The molecule has 1 aliphatic heterocycles. The van der Waals surface area contributed by atoms with Crippen LogP contribution in [0.5, 0.6) is 0 Å². The molecule has 1 aromatic carbocycles. The second kappa shape index (κ2) is 12.3. The van der Waals surface area contributed by atoms with E-state index < -0.39 is 35.1 Å². The van der Waals surface area contributed by atoms with Gasteiger partial charge >= 0.3 is 17.9 Å². The van der Waals surface area contributed by atoms with Gasteiger partial charge in [0.25, 0.3) is 0 Å². The van der Waals surface area contributed by atoms with E-state index in [2.05, 4.69) is 0 Å². The predicted octanol–water partition coefficient (Wildman–Crippen LogP) is 2.67. The zero-order chi connectivity index (χ0) is 22.8. The average molecular weight is 452 g/mol. The molecule has 1 fully saturated rings. The highest BCUT2D eigenvalue weighted by Gasteiger charge is 2.39. The second-order valence-electron chi connectivity index (χ2n) is 7.02. The quantitative estimate of drug-likeness (QED) is 0.404. The number of hydrogen-bond donors (Lipinski definition) is 1. The first kappa shape index (κ1) is 24.7. The van der Waals surface area contributed by atoms with Crippen LogP contribution < -0.4 is 0 Å². The lowest BCUT2D eigenvalue weighted by Crippen LogP contribution is -2.40. The maximum atomic E-state index is 12.6. The summed E-state index contributed by atoms with van der Waals surface area (Å²) in [6.45, 7) is 4.02. The number of rotatable bonds is 11. The number of carboxylic acids is 1. The van der Waals surface area contributed by atoms with Gasteiger partial charge in [-0.2, -0.15) is 11.8 Å². The molecule has 1 N–H and O–H groups in total. The lowest BCUT2D eigenvalue weighted by molar-refractivity contribution is -0.161. The highest BCUT2D eigenvalue weighted by molar-refractivity contribution is 7.99. The van der Waals surface area contributed by atoms with Crippen molar-refractivity contribution in [2.45, 2.75) is 44.4 Å². The van der Waals surface area contributed by atoms with Gasteiger partial charge in [-0.1, -0.05) is 30.3 Å². The number of benzene rings is 1. The number of hydrogen-bond acceptors (Lipinski definition) is 7. The summed E-state index contributed by atoms with van der Waals surface area (Å²) in [4.78, 5) is 50.6. The number of esters is 2. The van der Waals surface area contributed by atoms with E-state index in [4.69, 9.17) is 9.47 Å². The fourth-order valence-electron chi connectivity index (χ4n) is 3.57. The van der Waals surface area contributed by atoms with Crippen LogP contribution in [0.25, 0.3) is 0 Å². The van der Waals surface area contributed by atoms with Crippen molar-refractivity contribution in [3.63, 3.8) is 0 Å². The molecule has 170 valence electrons. The third-order valence-corrected chi connectivity index (χ3v) is 6.33. The number of amides is 1. The molecule has 0 spiro atoms. The predicted molar refractivity (Wildman–Crippen MR) is 115 cm³/mol. The number of carbonyl (C=O) groups is 4. The van der Waals surface area contributed by atoms with Gasteiger partial charge in [0.15, 0.2) is 5.92 Å². The fourth-order valence-corrected chi connectivity index (χ4v) is 4.88. The summed E-state index contributed by atoms with van der Waals surface area (Å²) in [6.07, 6.45) is 1.22. The maximum Gasteiger partial charge on any atom is 0.326 e. The van der Waals surface area contributed by atoms with Crippen LogP contribution in [-0.2, 0) is 28.7 Å². The SMILES string of the molecule is CCOC(=O)C(C(=O)OCC)C(SCCC(=O)N1CCC[C@H]1C(=O)O)c1ccccc1. The molecule has 1 unspecified atom stereocenters. The van der Waals surface area contributed by atoms with Gasteiger partial charge in [-0.15, -0.1) is 0 Å². The highest BCUT2D eigenvalue weighted by Crippen LogP contribution is 2.38. The first-order valence-electron chi connectivity index (χ1n) is 10.4. The largest absolute Gasteiger partial charge is 0.480 e. The van der Waals surface area contributed by atoms with Crippen LogP contribution in [0, 0.1) is 5.92 Å². The number of nitrogens with zero attached hydrogens (tertiary/aromatic N) is 1. The van der Waals surface area contributed by atoms with Gasteiger partial charge in [0.1, 0.15) is 6.04 Å². The molecule has 31 heavy (non-hydrogen) atoms. The lowest BCUT2D eigenvalue weighted by Gasteiger charge is -2.25. The average Bonchev–Trinajstić information content (AvgIpc) is 3.24. The summed E-state index contributed by atoms with van der Waals surface area (Å²) < 4.78 is 10.3. The molecular formula is C22H29NO7S. The summed E-state index contributed by atoms with van der Waals surface area (Å²) in [5, 5.41) is 8.69. The minimum absolute atomic E-state index is 0.107. The molecule has 0 bridgehead atoms. The van der Waals surface area contributed by atoms with Gasteiger partial charge in [0.05, 0.1) is 18.5 Å². The molecule has 9 heteroatoms. The van der Waals surface area contributed by atoms with Crippen molar-refractivity contribution in [2.75, 3.05) is 25.5 Å². The Balaban J connectivity index is 2.16. The van der Waals surface area contributed by atoms with E-state index in [1.807, 2.05) is 30.3 Å². The van der Waals surface area contributed by atoms with Crippen LogP contribution in [0.1, 0.15) is 43.9 Å². The van der Waals surface area contributed by atoms with E-state index in [0.29, 0.717) is 25.1 Å². The van der Waals surface area contributed by atoms with Crippen LogP contribution in [0.3, 0.4) is 0 Å². The Morgan fingerprint density at radius 3 is 2.26 bits per heavy atom. The summed E-state index contributed by atoms with van der Waals surface area (Å²) in [7, 11) is 0. The number of likely N-dealkylation sites (tertiary alicyclic amines) is 1. The molecule has 1 amide bonds. The van der Waals surface area contributed by atoms with Gasteiger partial charge in [0, 0.05) is 18.7 Å². The van der Waals surface area contributed by atoms with Gasteiger partial charge in [-0.3, -0.25) is 14.4 Å². The summed E-state index contributed by atoms with van der Waals surface area (Å²) in [5.74, 6) is -3.42. The molecule has 2 atom stereocenters. The monoisotopic (exact) mass is 451 g/mol. The number of carbonyl (C=O) groups excluding carboxylic acids is 3. The molecule has 1 saturated heterocycles. The highest BCUT2D eigenvalue weighted by atomic mass is 32.2. The van der Waals surface area contributed by atoms with E-state index in [1.165, 1.54) is 16.7 Å². The Morgan fingerprint density at radius 1 is 1.10 bits per heavy atom. The molecule has 0 aromatic heterocycles. The lowest BCUT2D eigenvalue weighted by atomic mass is 9.98. The van der Waals surface area contributed by atoms with Crippen molar-refractivity contribution >= 4 is 35.6 Å². The van der Waals surface area contributed by atoms with Crippen molar-refractivity contribution in [3.8, 4) is 0 Å². The number of thioether (sulfide) groups is 1. The third-order valence-electron chi connectivity index (χ3n) is 4.98. The second-order valence-corrected chi connectivity index (χ2v) is 8.27. The Kier molecular flexibility index (Phi) is 9.84. The van der Waals surface area contributed by atoms with E-state index in [-0.39, 0.29) is 25.5 Å². The van der Waals surface area contributed by atoms with Crippen LogP contribution in [0.4, 0.5) is 0 Å². The standard InChI is InChI=1S/C22H29NO7S/c1-3-29-21(27)18(22(28)30-4-2)19(15-9-6-5-7-10-15)31-14-12-17(24)23-13-8-11-16(23)20(25)26/h5-7,9-10,16,18-19H,3-4,8,11-14H2,1-2H3,(H,25,26)/t16-,19?/m0/s1. The van der Waals surface area contributed by atoms with E-state index in [9.17, 15) is 24.3 Å². The van der Waals surface area contributed by atoms with Gasteiger partial charge < -0.3 is 19.5 Å². The van der Waals surface area contributed by atoms with Crippen molar-refractivity contribution in [1.82, 2.24) is 4.90 Å². The summed E-state index contributed by atoms with van der Waals surface area (Å²) in [6, 6.07) is 8.29. The summed E-state index contributed by atoms with van der Waals surface area (Å²) >= 11 is 1.29. The van der Waals surface area contributed by atoms with Crippen LogP contribution >= 0.6 is 11.8 Å². The first-order valence-corrected chi connectivity index (χ1v) is 11.5. The van der Waals surface area contributed by atoms with Gasteiger partial charge in [-0.05, 0) is 32.3 Å².